The lowest BCUT2D eigenvalue weighted by atomic mass is 10.0. The molecule has 2 atom stereocenters. The molecular formula is C32H41N15O3. The van der Waals surface area contributed by atoms with Crippen molar-refractivity contribution in [2.24, 2.45) is 10.7 Å². The first kappa shape index (κ1) is 36.7. The molecule has 7 aromatic rings. The molecule has 5 aromatic heterocycles. The normalized spacial score (nSPS) is 12.0. The summed E-state index contributed by atoms with van der Waals surface area (Å²) in [5.41, 5.74) is 10.2. The lowest BCUT2D eigenvalue weighted by Gasteiger charge is -2.20. The second-order valence-corrected chi connectivity index (χ2v) is 10.0. The molecule has 0 aliphatic heterocycles. The van der Waals surface area contributed by atoms with Gasteiger partial charge in [-0.1, -0.05) is 48.5 Å². The third kappa shape index (κ3) is 13.2. The number of para-hydroxylation sites is 1. The Morgan fingerprint density at radius 1 is 0.740 bits per heavy atom. The Morgan fingerprint density at radius 2 is 1.36 bits per heavy atom. The molecule has 50 heavy (non-hydrogen) atoms. The summed E-state index contributed by atoms with van der Waals surface area (Å²) >= 11 is 0. The SMILES string of the molecule is CCOCCOCCC(N=C(OCc1ccccc1)c1c[nH]c2ccccc12)C(N)c1cn[nH]n1.c1cn[nH]n1.c1cn[nH]n1.c1cn[nH]n1. The molecule has 0 aliphatic rings. The first-order valence-corrected chi connectivity index (χ1v) is 15.7. The number of nitrogens with two attached hydrogens (primary N) is 1. The first-order valence-electron chi connectivity index (χ1n) is 15.7. The van der Waals surface area contributed by atoms with Crippen molar-refractivity contribution in [2.75, 3.05) is 26.4 Å². The zero-order chi connectivity index (χ0) is 34.9. The van der Waals surface area contributed by atoms with Crippen molar-refractivity contribution in [3.63, 3.8) is 0 Å². The fourth-order valence-electron chi connectivity index (χ4n) is 4.27. The van der Waals surface area contributed by atoms with Crippen LogP contribution in [0.5, 0.6) is 0 Å². The quantitative estimate of drug-likeness (QED) is 0.0583. The molecule has 262 valence electrons. The van der Waals surface area contributed by atoms with Gasteiger partial charge in [-0.3, -0.25) is 0 Å². The smallest absolute Gasteiger partial charge is 0.218 e. The van der Waals surface area contributed by atoms with E-state index in [1.54, 1.807) is 43.4 Å². The van der Waals surface area contributed by atoms with E-state index in [2.05, 4.69) is 66.6 Å². The van der Waals surface area contributed by atoms with Gasteiger partial charge in [0.25, 0.3) is 0 Å². The molecule has 2 aromatic carbocycles. The maximum Gasteiger partial charge on any atom is 0.218 e. The molecule has 0 saturated carbocycles. The average molecular weight is 684 g/mol. The van der Waals surface area contributed by atoms with Crippen LogP contribution >= 0.6 is 0 Å². The lowest BCUT2D eigenvalue weighted by Crippen LogP contribution is -2.28. The van der Waals surface area contributed by atoms with E-state index in [9.17, 15) is 0 Å². The zero-order valence-corrected chi connectivity index (χ0v) is 27.5. The van der Waals surface area contributed by atoms with Crippen molar-refractivity contribution in [1.82, 2.24) is 66.6 Å². The van der Waals surface area contributed by atoms with Crippen molar-refractivity contribution in [2.45, 2.75) is 32.0 Å². The van der Waals surface area contributed by atoms with Crippen LogP contribution in [0.2, 0.25) is 0 Å². The van der Waals surface area contributed by atoms with Gasteiger partial charge >= 0.3 is 0 Å². The highest BCUT2D eigenvalue weighted by molar-refractivity contribution is 6.06. The van der Waals surface area contributed by atoms with E-state index < -0.39 is 6.04 Å². The number of fused-ring (bicyclic) bond motifs is 1. The van der Waals surface area contributed by atoms with Crippen molar-refractivity contribution in [3.05, 3.63) is 121 Å². The van der Waals surface area contributed by atoms with Crippen LogP contribution in [-0.4, -0.2) is 105 Å². The summed E-state index contributed by atoms with van der Waals surface area (Å²) in [4.78, 5) is 8.34. The summed E-state index contributed by atoms with van der Waals surface area (Å²) in [5, 5.41) is 39.8. The fraction of sp³-hybridized carbons (Fsp3) is 0.281. The van der Waals surface area contributed by atoms with Crippen LogP contribution in [0.3, 0.4) is 0 Å². The second-order valence-electron chi connectivity index (χ2n) is 10.0. The van der Waals surface area contributed by atoms with Gasteiger partial charge in [-0.05, 0) is 25.0 Å². The molecule has 7 N–H and O–H groups in total. The third-order valence-electron chi connectivity index (χ3n) is 6.64. The van der Waals surface area contributed by atoms with Gasteiger partial charge in [-0.2, -0.15) is 61.6 Å². The molecule has 0 saturated heterocycles. The Balaban J connectivity index is 0.000000304. The second kappa shape index (κ2) is 22.5. The number of aromatic nitrogens is 13. The number of aromatic amines is 5. The molecule has 0 amide bonds. The van der Waals surface area contributed by atoms with Gasteiger partial charge in [0.1, 0.15) is 12.3 Å². The number of H-pyrrole nitrogens is 5. The summed E-state index contributed by atoms with van der Waals surface area (Å²) in [6.07, 6.45) is 13.6. The highest BCUT2D eigenvalue weighted by Crippen LogP contribution is 2.23. The number of hydrogen-bond acceptors (Lipinski definition) is 13. The lowest BCUT2D eigenvalue weighted by molar-refractivity contribution is 0.0495. The number of hydrogen-bond donors (Lipinski definition) is 6. The van der Waals surface area contributed by atoms with Crippen LogP contribution in [0.1, 0.15) is 36.2 Å². The standard InChI is InChI=1S/C26H32N6O3.3C2H3N3/c1-2-33-14-15-34-13-12-23(25(27)24-17-29-32-31-24)30-26(35-18-19-8-4-3-5-9-19)21-16-28-22-11-7-6-10-20(21)22;3*1-2-4-5-3-1/h3-11,16-17,23,25,28H,2,12-15,18,27H2,1H3,(H,29,31,32);3*1-2H,(H,3,4,5). The van der Waals surface area contributed by atoms with E-state index in [1.165, 1.54) is 0 Å². The molecule has 18 heteroatoms. The Morgan fingerprint density at radius 3 is 1.94 bits per heavy atom. The average Bonchev–Trinajstić information content (AvgIpc) is 4.02. The van der Waals surface area contributed by atoms with Crippen molar-refractivity contribution in [1.29, 1.82) is 0 Å². The van der Waals surface area contributed by atoms with Gasteiger partial charge in [0, 0.05) is 30.3 Å². The highest BCUT2D eigenvalue weighted by Gasteiger charge is 2.24. The summed E-state index contributed by atoms with van der Waals surface area (Å²) in [5.74, 6) is 0.518. The monoisotopic (exact) mass is 683 g/mol. The summed E-state index contributed by atoms with van der Waals surface area (Å²) in [6.45, 7) is 4.57. The number of benzene rings is 2. The number of nitrogens with one attached hydrogen (secondary N) is 5. The predicted octanol–water partition coefficient (Wildman–Crippen LogP) is 3.18. The highest BCUT2D eigenvalue weighted by atomic mass is 16.5. The molecule has 0 fully saturated rings. The van der Waals surface area contributed by atoms with E-state index in [1.807, 2.05) is 67.7 Å². The predicted molar refractivity (Wildman–Crippen MR) is 184 cm³/mol. The third-order valence-corrected chi connectivity index (χ3v) is 6.64. The van der Waals surface area contributed by atoms with E-state index in [0.29, 0.717) is 51.0 Å². The molecule has 2 unspecified atom stereocenters. The Bertz CT molecular complexity index is 1660. The first-order chi connectivity index (χ1) is 24.8. The van der Waals surface area contributed by atoms with E-state index in [-0.39, 0.29) is 6.04 Å². The van der Waals surface area contributed by atoms with Crippen molar-refractivity contribution >= 4 is 16.8 Å². The summed E-state index contributed by atoms with van der Waals surface area (Å²) in [7, 11) is 0. The minimum Gasteiger partial charge on any atom is -0.473 e. The van der Waals surface area contributed by atoms with Crippen molar-refractivity contribution < 1.29 is 14.2 Å². The summed E-state index contributed by atoms with van der Waals surface area (Å²) < 4.78 is 17.4. The van der Waals surface area contributed by atoms with Gasteiger partial charge < -0.3 is 24.9 Å². The van der Waals surface area contributed by atoms with Gasteiger partial charge in [0.2, 0.25) is 5.90 Å². The molecule has 0 aliphatic carbocycles. The van der Waals surface area contributed by atoms with Crippen LogP contribution in [0.25, 0.3) is 10.9 Å². The Labute approximate surface area is 287 Å². The zero-order valence-electron chi connectivity index (χ0n) is 27.5. The molecular weight excluding hydrogens is 642 g/mol. The van der Waals surface area contributed by atoms with Gasteiger partial charge in [0.05, 0.1) is 74.2 Å². The van der Waals surface area contributed by atoms with Crippen LogP contribution < -0.4 is 5.73 Å². The van der Waals surface area contributed by atoms with Crippen LogP contribution in [0.4, 0.5) is 0 Å². The summed E-state index contributed by atoms with van der Waals surface area (Å²) in [6, 6.07) is 17.3. The number of nitrogens with zero attached hydrogens (tertiary/aromatic N) is 9. The van der Waals surface area contributed by atoms with E-state index in [4.69, 9.17) is 24.9 Å². The number of aliphatic imine (C=N–C) groups is 1. The minimum atomic E-state index is -0.482. The van der Waals surface area contributed by atoms with E-state index >= 15 is 0 Å². The van der Waals surface area contributed by atoms with Gasteiger partial charge in [-0.15, -0.1) is 0 Å². The topological polar surface area (TPSA) is 248 Å². The Hall–Kier alpha value is -6.11. The minimum absolute atomic E-state index is 0.341. The molecule has 0 spiro atoms. The maximum absolute atomic E-state index is 6.59. The Kier molecular flexibility index (Phi) is 16.5. The molecule has 5 heterocycles. The van der Waals surface area contributed by atoms with Crippen LogP contribution in [0.15, 0.2) is 109 Å². The molecule has 18 nitrogen and oxygen atoms in total. The largest absolute Gasteiger partial charge is 0.473 e. The molecule has 0 radical (unpaired) electrons. The number of ether oxygens (including phenoxy) is 3. The van der Waals surface area contributed by atoms with Crippen LogP contribution in [0, 0.1) is 0 Å². The van der Waals surface area contributed by atoms with E-state index in [0.717, 1.165) is 22.0 Å². The van der Waals surface area contributed by atoms with Crippen molar-refractivity contribution in [3.8, 4) is 0 Å². The fourth-order valence-corrected chi connectivity index (χ4v) is 4.27. The van der Waals surface area contributed by atoms with Crippen LogP contribution in [-0.2, 0) is 20.8 Å². The van der Waals surface area contributed by atoms with Gasteiger partial charge in [0.15, 0.2) is 0 Å². The molecule has 0 bridgehead atoms. The number of rotatable bonds is 13. The molecule has 7 rings (SSSR count). The van der Waals surface area contributed by atoms with Gasteiger partial charge in [-0.25, -0.2) is 4.99 Å². The maximum atomic E-state index is 6.59.